The summed E-state index contributed by atoms with van der Waals surface area (Å²) in [6, 6.07) is 9.17. The molecule has 0 amide bonds. The lowest BCUT2D eigenvalue weighted by molar-refractivity contribution is 0.0693. The van der Waals surface area contributed by atoms with E-state index in [1.807, 2.05) is 18.2 Å². The number of carboxylic acid groups (broad SMARTS) is 1. The van der Waals surface area contributed by atoms with E-state index in [-0.39, 0.29) is 5.56 Å². The molecule has 3 rings (SSSR count). The van der Waals surface area contributed by atoms with Gasteiger partial charge < -0.3 is 10.0 Å². The van der Waals surface area contributed by atoms with Crippen molar-refractivity contribution in [2.45, 2.75) is 6.54 Å². The number of rotatable bonds is 4. The second-order valence-electron chi connectivity index (χ2n) is 5.25. The van der Waals surface area contributed by atoms with Crippen LogP contribution in [-0.2, 0) is 6.54 Å². The summed E-state index contributed by atoms with van der Waals surface area (Å²) in [5, 5.41) is 9.21. The fraction of sp³-hybridized carbons (Fsp3) is 0.312. The smallest absolute Gasteiger partial charge is 0.337 e. The summed E-state index contributed by atoms with van der Waals surface area (Å²) >= 11 is 0. The largest absolute Gasteiger partial charge is 0.478 e. The molecule has 114 valence electrons. The number of anilines is 1. The van der Waals surface area contributed by atoms with Crippen LogP contribution in [0.2, 0.25) is 0 Å². The summed E-state index contributed by atoms with van der Waals surface area (Å²) in [4.78, 5) is 24.3. The van der Waals surface area contributed by atoms with Gasteiger partial charge in [0.1, 0.15) is 5.82 Å². The highest BCUT2D eigenvalue weighted by Gasteiger charge is 2.20. The predicted molar refractivity (Wildman–Crippen MR) is 82.9 cm³/mol. The van der Waals surface area contributed by atoms with Crippen molar-refractivity contribution in [3.05, 3.63) is 54.0 Å². The van der Waals surface area contributed by atoms with Crippen LogP contribution < -0.4 is 4.90 Å². The van der Waals surface area contributed by atoms with E-state index in [1.165, 1.54) is 0 Å². The number of hydrogen-bond acceptors (Lipinski definition) is 5. The summed E-state index contributed by atoms with van der Waals surface area (Å²) in [7, 11) is 0. The van der Waals surface area contributed by atoms with Gasteiger partial charge in [0.05, 0.1) is 11.3 Å². The molecule has 2 aromatic rings. The number of carboxylic acids is 1. The van der Waals surface area contributed by atoms with Crippen molar-refractivity contribution in [3.8, 4) is 0 Å². The number of hydrogen-bond donors (Lipinski definition) is 1. The van der Waals surface area contributed by atoms with E-state index in [4.69, 9.17) is 0 Å². The second-order valence-corrected chi connectivity index (χ2v) is 5.25. The third-order valence-electron chi connectivity index (χ3n) is 3.84. The fourth-order valence-electron chi connectivity index (χ4n) is 2.65. The van der Waals surface area contributed by atoms with Gasteiger partial charge in [-0.1, -0.05) is 6.07 Å². The van der Waals surface area contributed by atoms with Gasteiger partial charge >= 0.3 is 5.97 Å². The molecular weight excluding hydrogens is 280 g/mol. The average Bonchev–Trinajstić information content (AvgIpc) is 2.57. The van der Waals surface area contributed by atoms with Crippen LogP contribution >= 0.6 is 0 Å². The zero-order chi connectivity index (χ0) is 15.4. The molecule has 6 heteroatoms. The Kier molecular flexibility index (Phi) is 4.29. The number of piperazine rings is 1. The molecular formula is C16H18N4O2. The molecule has 2 aromatic heterocycles. The predicted octanol–water partition coefficient (Wildman–Crippen LogP) is 1.50. The zero-order valence-electron chi connectivity index (χ0n) is 12.2. The standard InChI is InChI=1S/C16H18N4O2/c21-16(22)13-4-3-7-17-14(13)12-19-8-10-20(11-9-19)15-5-1-2-6-18-15/h1-7H,8-12H2,(H,21,22). The lowest BCUT2D eigenvalue weighted by Crippen LogP contribution is -2.46. The third-order valence-corrected chi connectivity index (χ3v) is 3.84. The minimum absolute atomic E-state index is 0.287. The Morgan fingerprint density at radius 1 is 1.05 bits per heavy atom. The van der Waals surface area contributed by atoms with E-state index in [9.17, 15) is 9.90 Å². The molecule has 0 spiro atoms. The molecule has 1 aliphatic rings. The van der Waals surface area contributed by atoms with E-state index in [1.54, 1.807) is 24.5 Å². The van der Waals surface area contributed by atoms with Gasteiger partial charge in [-0.3, -0.25) is 9.88 Å². The normalized spacial score (nSPS) is 15.7. The molecule has 1 fully saturated rings. The molecule has 0 bridgehead atoms. The Labute approximate surface area is 129 Å². The van der Waals surface area contributed by atoms with Crippen LogP contribution in [0.15, 0.2) is 42.7 Å². The molecule has 22 heavy (non-hydrogen) atoms. The van der Waals surface area contributed by atoms with Crippen molar-refractivity contribution >= 4 is 11.8 Å². The number of aromatic carboxylic acids is 1. The summed E-state index contributed by atoms with van der Waals surface area (Å²) in [5.41, 5.74) is 0.913. The molecule has 1 saturated heterocycles. The number of carbonyl (C=O) groups is 1. The number of pyridine rings is 2. The molecule has 6 nitrogen and oxygen atoms in total. The molecule has 0 unspecified atom stereocenters. The lowest BCUT2D eigenvalue weighted by atomic mass is 10.1. The SMILES string of the molecule is O=C(O)c1cccnc1CN1CCN(c2ccccn2)CC1. The Morgan fingerprint density at radius 3 is 2.50 bits per heavy atom. The second kappa shape index (κ2) is 6.53. The van der Waals surface area contributed by atoms with Crippen LogP contribution in [-0.4, -0.2) is 52.1 Å². The number of nitrogens with zero attached hydrogens (tertiary/aromatic N) is 4. The maximum absolute atomic E-state index is 11.2. The van der Waals surface area contributed by atoms with Crippen molar-refractivity contribution in [2.75, 3.05) is 31.1 Å². The number of aromatic nitrogens is 2. The maximum Gasteiger partial charge on any atom is 0.337 e. The van der Waals surface area contributed by atoms with Crippen molar-refractivity contribution in [3.63, 3.8) is 0 Å². The van der Waals surface area contributed by atoms with Gasteiger partial charge in [0.2, 0.25) is 0 Å². The minimum Gasteiger partial charge on any atom is -0.478 e. The first kappa shape index (κ1) is 14.5. The van der Waals surface area contributed by atoms with E-state index >= 15 is 0 Å². The topological polar surface area (TPSA) is 69.6 Å². The van der Waals surface area contributed by atoms with E-state index in [0.717, 1.165) is 32.0 Å². The Bertz CT molecular complexity index is 640. The molecule has 0 saturated carbocycles. The summed E-state index contributed by atoms with van der Waals surface area (Å²) < 4.78 is 0. The van der Waals surface area contributed by atoms with Crippen LogP contribution in [0, 0.1) is 0 Å². The summed E-state index contributed by atoms with van der Waals surface area (Å²) in [5.74, 6) is 0.0708. The highest BCUT2D eigenvalue weighted by Crippen LogP contribution is 2.15. The van der Waals surface area contributed by atoms with Crippen molar-refractivity contribution in [2.24, 2.45) is 0 Å². The molecule has 0 aliphatic carbocycles. The Morgan fingerprint density at radius 2 is 1.82 bits per heavy atom. The van der Waals surface area contributed by atoms with E-state index in [0.29, 0.717) is 12.2 Å². The molecule has 3 heterocycles. The van der Waals surface area contributed by atoms with Gasteiger partial charge in [0.25, 0.3) is 0 Å². The lowest BCUT2D eigenvalue weighted by Gasteiger charge is -2.35. The summed E-state index contributed by atoms with van der Waals surface area (Å²) in [6.45, 7) is 4.06. The first-order valence-electron chi connectivity index (χ1n) is 7.29. The van der Waals surface area contributed by atoms with Gasteiger partial charge in [0, 0.05) is 45.1 Å². The third kappa shape index (κ3) is 3.23. The van der Waals surface area contributed by atoms with Crippen LogP contribution in [0.3, 0.4) is 0 Å². The van der Waals surface area contributed by atoms with Crippen LogP contribution in [0.4, 0.5) is 5.82 Å². The van der Waals surface area contributed by atoms with Gasteiger partial charge in [0.15, 0.2) is 0 Å². The van der Waals surface area contributed by atoms with Gasteiger partial charge in [-0.15, -0.1) is 0 Å². The highest BCUT2D eigenvalue weighted by atomic mass is 16.4. The molecule has 1 aliphatic heterocycles. The van der Waals surface area contributed by atoms with Crippen molar-refractivity contribution in [1.29, 1.82) is 0 Å². The van der Waals surface area contributed by atoms with Gasteiger partial charge in [-0.2, -0.15) is 0 Å². The maximum atomic E-state index is 11.2. The quantitative estimate of drug-likeness (QED) is 0.922. The Hall–Kier alpha value is -2.47. The molecule has 0 aromatic carbocycles. The van der Waals surface area contributed by atoms with Gasteiger partial charge in [-0.05, 0) is 24.3 Å². The van der Waals surface area contributed by atoms with Crippen LogP contribution in [0.25, 0.3) is 0 Å². The molecule has 0 radical (unpaired) electrons. The monoisotopic (exact) mass is 298 g/mol. The molecule has 1 N–H and O–H groups in total. The highest BCUT2D eigenvalue weighted by molar-refractivity contribution is 5.88. The minimum atomic E-state index is -0.921. The van der Waals surface area contributed by atoms with E-state index < -0.39 is 5.97 Å². The Balaban J connectivity index is 1.62. The fourth-order valence-corrected chi connectivity index (χ4v) is 2.65. The zero-order valence-corrected chi connectivity index (χ0v) is 12.2. The van der Waals surface area contributed by atoms with Gasteiger partial charge in [-0.25, -0.2) is 9.78 Å². The summed E-state index contributed by atoms with van der Waals surface area (Å²) in [6.07, 6.45) is 3.45. The first-order chi connectivity index (χ1) is 10.7. The average molecular weight is 298 g/mol. The van der Waals surface area contributed by atoms with E-state index in [2.05, 4.69) is 19.8 Å². The van der Waals surface area contributed by atoms with Crippen molar-refractivity contribution < 1.29 is 9.90 Å². The van der Waals surface area contributed by atoms with Crippen molar-refractivity contribution in [1.82, 2.24) is 14.9 Å². The van der Waals surface area contributed by atoms with Crippen LogP contribution in [0.1, 0.15) is 16.1 Å². The van der Waals surface area contributed by atoms with Crippen LogP contribution in [0.5, 0.6) is 0 Å². The molecule has 0 atom stereocenters. The first-order valence-corrected chi connectivity index (χ1v) is 7.29.